The second-order valence-corrected chi connectivity index (χ2v) is 5.59. The summed E-state index contributed by atoms with van der Waals surface area (Å²) in [5.41, 5.74) is 11.3. The lowest BCUT2D eigenvalue weighted by molar-refractivity contribution is -0.129. The Morgan fingerprint density at radius 2 is 2.21 bits per heavy atom. The third-order valence-electron chi connectivity index (χ3n) is 3.73. The maximum atomic E-state index is 11.6. The first-order chi connectivity index (χ1) is 9.08. The zero-order valence-electron chi connectivity index (χ0n) is 10.3. The van der Waals surface area contributed by atoms with Gasteiger partial charge in [-0.2, -0.15) is 4.37 Å². The van der Waals surface area contributed by atoms with Crippen LogP contribution in [0.5, 0.6) is 0 Å². The van der Waals surface area contributed by atoms with Crippen molar-refractivity contribution in [2.45, 2.75) is 18.9 Å². The van der Waals surface area contributed by atoms with Gasteiger partial charge < -0.3 is 21.3 Å². The number of carbonyl (C=O) groups excluding carboxylic acids is 2. The van der Waals surface area contributed by atoms with Gasteiger partial charge in [0.2, 0.25) is 5.91 Å². The lowest BCUT2D eigenvalue weighted by atomic mass is 10.1. The predicted octanol–water partition coefficient (Wildman–Crippen LogP) is -0.365. The molecule has 19 heavy (non-hydrogen) atoms. The van der Waals surface area contributed by atoms with Gasteiger partial charge in [0.1, 0.15) is 10.6 Å². The molecule has 2 aliphatic heterocycles. The first-order valence-electron chi connectivity index (χ1n) is 6.17. The topological polar surface area (TPSA) is 106 Å². The van der Waals surface area contributed by atoms with Crippen LogP contribution in [0.15, 0.2) is 0 Å². The Hall–Kier alpha value is -1.83. The van der Waals surface area contributed by atoms with Crippen LogP contribution in [0.1, 0.15) is 23.2 Å². The largest absolute Gasteiger partial charge is 0.382 e. The first kappa shape index (κ1) is 12.2. The Morgan fingerprint density at radius 3 is 2.95 bits per heavy atom. The Bertz CT molecular complexity index is 543. The number of carbonyl (C=O) groups is 2. The van der Waals surface area contributed by atoms with Crippen LogP contribution in [-0.2, 0) is 4.79 Å². The molecule has 3 rings (SSSR count). The fourth-order valence-electron chi connectivity index (χ4n) is 2.79. The van der Waals surface area contributed by atoms with Gasteiger partial charge in [-0.25, -0.2) is 0 Å². The fraction of sp³-hybridized carbons (Fsp3) is 0.545. The molecule has 2 aliphatic rings. The molecular weight excluding hydrogens is 266 g/mol. The Kier molecular flexibility index (Phi) is 2.81. The van der Waals surface area contributed by atoms with Crippen LogP contribution in [-0.4, -0.2) is 46.8 Å². The molecular formula is C11H15N5O2S. The average Bonchev–Trinajstić information content (AvgIpc) is 2.93. The summed E-state index contributed by atoms with van der Waals surface area (Å²) < 4.78 is 4.01. The van der Waals surface area contributed by atoms with Crippen molar-refractivity contribution in [3.63, 3.8) is 0 Å². The van der Waals surface area contributed by atoms with Crippen LogP contribution >= 0.6 is 11.5 Å². The van der Waals surface area contributed by atoms with E-state index < -0.39 is 5.91 Å². The molecule has 2 amide bonds. The number of rotatable bonds is 2. The van der Waals surface area contributed by atoms with Crippen molar-refractivity contribution in [1.82, 2.24) is 9.27 Å². The number of fused-ring (bicyclic) bond motifs is 1. The van der Waals surface area contributed by atoms with Crippen molar-refractivity contribution < 1.29 is 9.59 Å². The molecule has 7 nitrogen and oxygen atoms in total. The lowest BCUT2D eigenvalue weighted by Gasteiger charge is -2.38. The molecule has 102 valence electrons. The second kappa shape index (κ2) is 4.37. The summed E-state index contributed by atoms with van der Waals surface area (Å²) in [6, 6.07) is 0.227. The summed E-state index contributed by atoms with van der Waals surface area (Å²) in [5.74, 6) is -0.132. The van der Waals surface area contributed by atoms with E-state index >= 15 is 0 Å². The van der Waals surface area contributed by atoms with Gasteiger partial charge in [-0.15, -0.1) is 0 Å². The van der Waals surface area contributed by atoms with Gasteiger partial charge in [0, 0.05) is 32.1 Å². The third kappa shape index (κ3) is 1.92. The van der Waals surface area contributed by atoms with Gasteiger partial charge in [-0.1, -0.05) is 0 Å². The van der Waals surface area contributed by atoms with E-state index in [2.05, 4.69) is 9.27 Å². The van der Waals surface area contributed by atoms with Gasteiger partial charge in [0.25, 0.3) is 5.91 Å². The zero-order chi connectivity index (χ0) is 13.6. The minimum Gasteiger partial charge on any atom is -0.382 e. The molecule has 2 saturated heterocycles. The molecule has 1 atom stereocenters. The van der Waals surface area contributed by atoms with Crippen LogP contribution in [0.3, 0.4) is 0 Å². The maximum absolute atomic E-state index is 11.6. The van der Waals surface area contributed by atoms with Crippen LogP contribution in [0.2, 0.25) is 0 Å². The minimum absolute atomic E-state index is 0.192. The number of piperazine rings is 1. The lowest BCUT2D eigenvalue weighted by Crippen LogP contribution is -2.51. The van der Waals surface area contributed by atoms with E-state index in [0.717, 1.165) is 11.4 Å². The van der Waals surface area contributed by atoms with E-state index in [1.807, 2.05) is 4.90 Å². The molecule has 1 unspecified atom stereocenters. The van der Waals surface area contributed by atoms with Gasteiger partial charge in [-0.05, 0) is 18.0 Å². The quantitative estimate of drug-likeness (QED) is 0.769. The number of nitrogen functional groups attached to an aromatic ring is 1. The van der Waals surface area contributed by atoms with Crippen LogP contribution in [0.25, 0.3) is 0 Å². The molecule has 0 saturated carbocycles. The minimum atomic E-state index is -0.550. The molecule has 0 bridgehead atoms. The average molecular weight is 281 g/mol. The fourth-order valence-corrected chi connectivity index (χ4v) is 3.64. The summed E-state index contributed by atoms with van der Waals surface area (Å²) in [6.45, 7) is 2.08. The number of anilines is 2. The highest BCUT2D eigenvalue weighted by atomic mass is 32.1. The summed E-state index contributed by atoms with van der Waals surface area (Å²) in [6.07, 6.45) is 1.49. The number of aromatic nitrogens is 1. The number of nitrogens with two attached hydrogens (primary N) is 2. The third-order valence-corrected chi connectivity index (χ3v) is 4.65. The van der Waals surface area contributed by atoms with Gasteiger partial charge in [-0.3, -0.25) is 9.59 Å². The summed E-state index contributed by atoms with van der Waals surface area (Å²) in [7, 11) is 0. The molecule has 2 fully saturated rings. The predicted molar refractivity (Wildman–Crippen MR) is 72.0 cm³/mol. The summed E-state index contributed by atoms with van der Waals surface area (Å²) in [4.78, 5) is 27.1. The van der Waals surface area contributed by atoms with E-state index in [-0.39, 0.29) is 17.8 Å². The van der Waals surface area contributed by atoms with Crippen molar-refractivity contribution in [2.24, 2.45) is 5.73 Å². The van der Waals surface area contributed by atoms with Gasteiger partial charge in [0.15, 0.2) is 5.82 Å². The van der Waals surface area contributed by atoms with Crippen LogP contribution in [0, 0.1) is 0 Å². The van der Waals surface area contributed by atoms with Gasteiger partial charge in [0.05, 0.1) is 0 Å². The number of nitrogens with zero attached hydrogens (tertiary/aromatic N) is 3. The smallest absolute Gasteiger partial charge is 0.255 e. The number of amides is 2. The normalized spacial score (nSPS) is 22.7. The molecule has 1 aromatic heterocycles. The molecule has 3 heterocycles. The molecule has 0 radical (unpaired) electrons. The first-order valence-corrected chi connectivity index (χ1v) is 6.94. The highest BCUT2D eigenvalue weighted by molar-refractivity contribution is 7.11. The molecule has 0 aliphatic carbocycles. The van der Waals surface area contributed by atoms with Crippen molar-refractivity contribution in [3.05, 3.63) is 5.56 Å². The highest BCUT2D eigenvalue weighted by Crippen LogP contribution is 2.33. The van der Waals surface area contributed by atoms with Crippen molar-refractivity contribution in [3.8, 4) is 0 Å². The van der Waals surface area contributed by atoms with Crippen LogP contribution in [0.4, 0.5) is 10.8 Å². The zero-order valence-corrected chi connectivity index (χ0v) is 11.2. The van der Waals surface area contributed by atoms with Crippen molar-refractivity contribution in [2.75, 3.05) is 30.3 Å². The Balaban J connectivity index is 1.85. The van der Waals surface area contributed by atoms with Crippen molar-refractivity contribution >= 4 is 34.2 Å². The van der Waals surface area contributed by atoms with Crippen molar-refractivity contribution in [1.29, 1.82) is 0 Å². The molecule has 1 aromatic rings. The number of primary amides is 1. The van der Waals surface area contributed by atoms with Crippen LogP contribution < -0.4 is 16.4 Å². The molecule has 8 heteroatoms. The van der Waals surface area contributed by atoms with E-state index in [1.165, 1.54) is 11.5 Å². The Morgan fingerprint density at radius 1 is 1.42 bits per heavy atom. The maximum Gasteiger partial charge on any atom is 0.255 e. The number of hydrogen-bond acceptors (Lipinski definition) is 6. The van der Waals surface area contributed by atoms with E-state index in [9.17, 15) is 9.59 Å². The van der Waals surface area contributed by atoms with E-state index in [0.29, 0.717) is 31.6 Å². The van der Waals surface area contributed by atoms with Gasteiger partial charge >= 0.3 is 0 Å². The highest BCUT2D eigenvalue weighted by Gasteiger charge is 2.37. The molecule has 0 aromatic carbocycles. The standard InChI is InChI=1S/C11H15N5O2S/c12-9-8(10(13)18)11(19-14-9)15-3-4-16-6(5-15)1-2-7(16)17/h6H,1-5H2,(H2,12,14)(H2,13,18). The SMILES string of the molecule is NC(=O)c1c(N)nsc1N1CCN2C(=O)CCC2C1. The van der Waals surface area contributed by atoms with E-state index in [4.69, 9.17) is 11.5 Å². The van der Waals surface area contributed by atoms with E-state index in [1.54, 1.807) is 0 Å². The second-order valence-electron chi connectivity index (χ2n) is 4.84. The summed E-state index contributed by atoms with van der Waals surface area (Å²) in [5, 5.41) is 0.726. The number of hydrogen-bond donors (Lipinski definition) is 2. The monoisotopic (exact) mass is 281 g/mol. The molecule has 4 N–H and O–H groups in total. The summed E-state index contributed by atoms with van der Waals surface area (Å²) >= 11 is 1.19. The molecule has 0 spiro atoms. The Labute approximate surface area is 114 Å².